The first kappa shape index (κ1) is 20.8. The van der Waals surface area contributed by atoms with Gasteiger partial charge in [0.1, 0.15) is 17.0 Å². The number of fused-ring (bicyclic) bond motifs is 1. The number of nitrogens with one attached hydrogen (secondary N) is 1. The monoisotopic (exact) mass is 423 g/mol. The molecule has 1 fully saturated rings. The third kappa shape index (κ3) is 4.32. The van der Waals surface area contributed by atoms with Crippen LogP contribution in [-0.2, 0) is 6.42 Å². The number of carbonyl (C=O) groups is 1. The molecule has 158 valence electrons. The van der Waals surface area contributed by atoms with Crippen molar-refractivity contribution >= 4 is 33.3 Å². The van der Waals surface area contributed by atoms with E-state index in [2.05, 4.69) is 58.5 Å². The van der Waals surface area contributed by atoms with Crippen molar-refractivity contribution in [2.45, 2.75) is 32.2 Å². The van der Waals surface area contributed by atoms with E-state index in [1.165, 1.54) is 16.9 Å². The molecule has 4 rings (SSSR count). The number of anilines is 1. The van der Waals surface area contributed by atoms with Crippen LogP contribution in [0.25, 0.3) is 10.2 Å². The van der Waals surface area contributed by atoms with Crippen molar-refractivity contribution in [1.29, 1.82) is 0 Å². The van der Waals surface area contributed by atoms with Crippen LogP contribution in [0.1, 0.15) is 33.6 Å². The molecular weight excluding hydrogens is 394 g/mol. The average molecular weight is 424 g/mol. The molecule has 6 nitrogen and oxygen atoms in total. The standard InChI is InChI=1S/C23H29N5OS/c1-16-19-21(24-12-7-10-17-8-5-4-6-9-17)25-15-26-22(19)30-20(16)23(29)28-13-11-18(14-28)27(2)3/h4-6,8-9,15,18H,7,10-14H2,1-3H3,(H,24,25,26)/t18-/m0/s1. The summed E-state index contributed by atoms with van der Waals surface area (Å²) in [5.74, 6) is 0.948. The van der Waals surface area contributed by atoms with Crippen molar-refractivity contribution in [3.63, 3.8) is 0 Å². The molecule has 1 aliphatic rings. The predicted molar refractivity (Wildman–Crippen MR) is 123 cm³/mol. The maximum Gasteiger partial charge on any atom is 0.264 e. The predicted octanol–water partition coefficient (Wildman–Crippen LogP) is 3.82. The van der Waals surface area contributed by atoms with Gasteiger partial charge in [-0.1, -0.05) is 30.3 Å². The molecule has 2 aromatic heterocycles. The largest absolute Gasteiger partial charge is 0.369 e. The normalized spacial score (nSPS) is 16.5. The van der Waals surface area contributed by atoms with E-state index in [1.54, 1.807) is 6.33 Å². The highest BCUT2D eigenvalue weighted by Gasteiger charge is 2.30. The lowest BCUT2D eigenvalue weighted by Gasteiger charge is -2.20. The van der Waals surface area contributed by atoms with E-state index in [0.717, 1.165) is 65.4 Å². The number of rotatable bonds is 7. The second-order valence-corrected chi connectivity index (χ2v) is 9.13. The first-order valence-electron chi connectivity index (χ1n) is 10.5. The van der Waals surface area contributed by atoms with E-state index < -0.39 is 0 Å². The minimum atomic E-state index is 0.120. The minimum absolute atomic E-state index is 0.120. The van der Waals surface area contributed by atoms with Crippen molar-refractivity contribution in [1.82, 2.24) is 19.8 Å². The zero-order chi connectivity index (χ0) is 21.1. The highest BCUT2D eigenvalue weighted by molar-refractivity contribution is 7.20. The summed E-state index contributed by atoms with van der Waals surface area (Å²) in [5, 5.41) is 4.45. The molecule has 1 aromatic carbocycles. The lowest BCUT2D eigenvalue weighted by atomic mass is 10.1. The number of hydrogen-bond donors (Lipinski definition) is 1. The number of thiophene rings is 1. The van der Waals surface area contributed by atoms with Gasteiger partial charge in [0, 0.05) is 25.7 Å². The smallest absolute Gasteiger partial charge is 0.264 e. The lowest BCUT2D eigenvalue weighted by molar-refractivity contribution is 0.0787. The zero-order valence-electron chi connectivity index (χ0n) is 17.9. The molecule has 1 saturated heterocycles. The van der Waals surface area contributed by atoms with Crippen molar-refractivity contribution in [3.8, 4) is 0 Å². The topological polar surface area (TPSA) is 61.4 Å². The van der Waals surface area contributed by atoms with Crippen LogP contribution >= 0.6 is 11.3 Å². The third-order valence-corrected chi connectivity index (χ3v) is 7.07. The number of likely N-dealkylation sites (tertiary alicyclic amines) is 1. The van der Waals surface area contributed by atoms with Crippen LogP contribution in [0.5, 0.6) is 0 Å². The van der Waals surface area contributed by atoms with Crippen LogP contribution in [0, 0.1) is 6.92 Å². The van der Waals surface area contributed by atoms with Gasteiger partial charge in [0.2, 0.25) is 0 Å². The molecule has 3 aromatic rings. The Kier molecular flexibility index (Phi) is 6.29. The molecule has 0 radical (unpaired) electrons. The maximum atomic E-state index is 13.2. The first-order valence-corrected chi connectivity index (χ1v) is 11.3. The number of aryl methyl sites for hydroxylation is 2. The molecular formula is C23H29N5OS. The van der Waals surface area contributed by atoms with Gasteiger partial charge in [0.25, 0.3) is 5.91 Å². The number of likely N-dealkylation sites (N-methyl/N-ethyl adjacent to an activating group) is 1. The zero-order valence-corrected chi connectivity index (χ0v) is 18.7. The fourth-order valence-corrected chi connectivity index (χ4v) is 5.16. The van der Waals surface area contributed by atoms with Gasteiger partial charge >= 0.3 is 0 Å². The van der Waals surface area contributed by atoms with Crippen LogP contribution in [0.2, 0.25) is 0 Å². The second-order valence-electron chi connectivity index (χ2n) is 8.13. The van der Waals surface area contributed by atoms with Crippen molar-refractivity contribution in [2.24, 2.45) is 0 Å². The minimum Gasteiger partial charge on any atom is -0.369 e. The molecule has 0 spiro atoms. The second kappa shape index (κ2) is 9.10. The van der Waals surface area contributed by atoms with Crippen LogP contribution in [-0.4, -0.2) is 65.4 Å². The summed E-state index contributed by atoms with van der Waals surface area (Å²) in [4.78, 5) is 27.9. The number of amides is 1. The maximum absolute atomic E-state index is 13.2. The van der Waals surface area contributed by atoms with Crippen LogP contribution < -0.4 is 5.32 Å². The molecule has 0 unspecified atom stereocenters. The van der Waals surface area contributed by atoms with Crippen LogP contribution in [0.15, 0.2) is 36.7 Å². The number of nitrogens with zero attached hydrogens (tertiary/aromatic N) is 4. The molecule has 1 amide bonds. The molecule has 1 N–H and O–H groups in total. The quantitative estimate of drug-likeness (QED) is 0.586. The number of aromatic nitrogens is 2. The molecule has 0 aliphatic carbocycles. The fraction of sp³-hybridized carbons (Fsp3) is 0.435. The Morgan fingerprint density at radius 3 is 2.80 bits per heavy atom. The Morgan fingerprint density at radius 1 is 1.27 bits per heavy atom. The van der Waals surface area contributed by atoms with Gasteiger partial charge in [-0.3, -0.25) is 4.79 Å². The average Bonchev–Trinajstić information content (AvgIpc) is 3.37. The lowest BCUT2D eigenvalue weighted by Crippen LogP contribution is -2.34. The SMILES string of the molecule is Cc1c(C(=O)N2CC[C@H](N(C)C)C2)sc2ncnc(NCCCc3ccccc3)c12. The first-order chi connectivity index (χ1) is 14.5. The molecule has 3 heterocycles. The Bertz CT molecular complexity index is 1020. The Labute approximate surface area is 181 Å². The summed E-state index contributed by atoms with van der Waals surface area (Å²) in [5.41, 5.74) is 2.33. The van der Waals surface area contributed by atoms with E-state index in [-0.39, 0.29) is 5.91 Å². The molecule has 30 heavy (non-hydrogen) atoms. The van der Waals surface area contributed by atoms with Crippen molar-refractivity contribution < 1.29 is 4.79 Å². The van der Waals surface area contributed by atoms with E-state index in [4.69, 9.17) is 0 Å². The van der Waals surface area contributed by atoms with Crippen LogP contribution in [0.3, 0.4) is 0 Å². The van der Waals surface area contributed by atoms with E-state index in [0.29, 0.717) is 6.04 Å². The number of carbonyl (C=O) groups excluding carboxylic acids is 1. The van der Waals surface area contributed by atoms with Crippen LogP contribution in [0.4, 0.5) is 5.82 Å². The van der Waals surface area contributed by atoms with E-state index >= 15 is 0 Å². The highest BCUT2D eigenvalue weighted by atomic mass is 32.1. The molecule has 0 saturated carbocycles. The van der Waals surface area contributed by atoms with Gasteiger partial charge < -0.3 is 15.1 Å². The molecule has 1 atom stereocenters. The van der Waals surface area contributed by atoms with Crippen molar-refractivity contribution in [3.05, 3.63) is 52.7 Å². The van der Waals surface area contributed by atoms with Gasteiger partial charge in [-0.15, -0.1) is 11.3 Å². The summed E-state index contributed by atoms with van der Waals surface area (Å²) in [6.45, 7) is 4.45. The van der Waals surface area contributed by atoms with Gasteiger partial charge in [-0.2, -0.15) is 0 Å². The summed E-state index contributed by atoms with van der Waals surface area (Å²) < 4.78 is 0. The van der Waals surface area contributed by atoms with E-state index in [9.17, 15) is 4.79 Å². The Morgan fingerprint density at radius 2 is 2.07 bits per heavy atom. The fourth-order valence-electron chi connectivity index (χ4n) is 4.05. The summed E-state index contributed by atoms with van der Waals surface area (Å²) in [6.07, 6.45) is 4.65. The van der Waals surface area contributed by atoms with E-state index in [1.807, 2.05) is 17.9 Å². The van der Waals surface area contributed by atoms with Gasteiger partial charge in [0.05, 0.1) is 10.3 Å². The summed E-state index contributed by atoms with van der Waals surface area (Å²) in [7, 11) is 4.16. The summed E-state index contributed by atoms with van der Waals surface area (Å²) >= 11 is 1.48. The third-order valence-electron chi connectivity index (χ3n) is 5.88. The highest BCUT2D eigenvalue weighted by Crippen LogP contribution is 2.34. The molecule has 1 aliphatic heterocycles. The number of hydrogen-bond acceptors (Lipinski definition) is 6. The summed E-state index contributed by atoms with van der Waals surface area (Å²) in [6, 6.07) is 10.9. The Balaban J connectivity index is 1.47. The van der Waals surface area contributed by atoms with Gasteiger partial charge in [-0.05, 0) is 51.4 Å². The van der Waals surface area contributed by atoms with Gasteiger partial charge in [-0.25, -0.2) is 9.97 Å². The molecule has 7 heteroatoms. The van der Waals surface area contributed by atoms with Gasteiger partial charge in [0.15, 0.2) is 0 Å². The Hall–Kier alpha value is -2.51. The molecule has 0 bridgehead atoms. The number of benzene rings is 1. The van der Waals surface area contributed by atoms with Crippen molar-refractivity contribution in [2.75, 3.05) is 39.0 Å².